The van der Waals surface area contributed by atoms with Gasteiger partial charge in [-0.05, 0) is 32.2 Å². The molecule has 1 aliphatic carbocycles. The van der Waals surface area contributed by atoms with E-state index in [1.807, 2.05) is 4.90 Å². The normalized spacial score (nSPS) is 25.3. The number of aromatic nitrogens is 2. The Morgan fingerprint density at radius 3 is 2.84 bits per heavy atom. The van der Waals surface area contributed by atoms with Gasteiger partial charge in [-0.2, -0.15) is 4.98 Å². The first-order chi connectivity index (χ1) is 12.3. The third kappa shape index (κ3) is 4.56. The molecule has 138 valence electrons. The molecule has 25 heavy (non-hydrogen) atoms. The molecular formula is C17H27N5O3. The molecule has 1 atom stereocenters. The fourth-order valence-electron chi connectivity index (χ4n) is 3.55. The van der Waals surface area contributed by atoms with Gasteiger partial charge in [0.1, 0.15) is 0 Å². The van der Waals surface area contributed by atoms with E-state index in [2.05, 4.69) is 20.4 Å². The molecule has 4 rings (SSSR count). The maximum atomic E-state index is 12.2. The maximum Gasteiger partial charge on any atom is 0.236 e. The molecule has 1 N–H and O–H groups in total. The molecule has 0 spiro atoms. The average Bonchev–Trinajstić information content (AvgIpc) is 3.40. The molecule has 8 heteroatoms. The topological polar surface area (TPSA) is 83.7 Å². The van der Waals surface area contributed by atoms with Crippen molar-refractivity contribution in [1.29, 1.82) is 0 Å². The van der Waals surface area contributed by atoms with Gasteiger partial charge in [0.2, 0.25) is 11.8 Å². The van der Waals surface area contributed by atoms with Gasteiger partial charge >= 0.3 is 0 Å². The second-order valence-corrected chi connectivity index (χ2v) is 7.27. The fourth-order valence-corrected chi connectivity index (χ4v) is 3.55. The third-order valence-electron chi connectivity index (χ3n) is 5.19. The van der Waals surface area contributed by atoms with Crippen LogP contribution in [0.2, 0.25) is 0 Å². The molecule has 2 saturated heterocycles. The smallest absolute Gasteiger partial charge is 0.236 e. The summed E-state index contributed by atoms with van der Waals surface area (Å²) in [5.74, 6) is 2.26. The Labute approximate surface area is 147 Å². The van der Waals surface area contributed by atoms with Crippen molar-refractivity contribution in [2.45, 2.75) is 44.2 Å². The largest absolute Gasteiger partial charge is 0.378 e. The lowest BCUT2D eigenvalue weighted by Crippen LogP contribution is -2.50. The van der Waals surface area contributed by atoms with Gasteiger partial charge < -0.3 is 19.5 Å². The third-order valence-corrected chi connectivity index (χ3v) is 5.19. The van der Waals surface area contributed by atoms with E-state index in [1.54, 1.807) is 0 Å². The summed E-state index contributed by atoms with van der Waals surface area (Å²) in [5.41, 5.74) is 0. The monoisotopic (exact) mass is 349 g/mol. The van der Waals surface area contributed by atoms with Gasteiger partial charge in [0.25, 0.3) is 0 Å². The van der Waals surface area contributed by atoms with E-state index in [9.17, 15) is 4.79 Å². The average molecular weight is 349 g/mol. The van der Waals surface area contributed by atoms with Gasteiger partial charge in [-0.15, -0.1) is 0 Å². The summed E-state index contributed by atoms with van der Waals surface area (Å²) >= 11 is 0. The van der Waals surface area contributed by atoms with E-state index < -0.39 is 0 Å². The van der Waals surface area contributed by atoms with E-state index in [0.29, 0.717) is 44.8 Å². The first kappa shape index (κ1) is 16.9. The van der Waals surface area contributed by atoms with Crippen LogP contribution in [0, 0.1) is 0 Å². The van der Waals surface area contributed by atoms with Gasteiger partial charge in [-0.25, -0.2) is 0 Å². The first-order valence-electron chi connectivity index (χ1n) is 9.41. The predicted molar refractivity (Wildman–Crippen MR) is 90.0 cm³/mol. The molecule has 0 radical (unpaired) electrons. The Morgan fingerprint density at radius 1 is 1.20 bits per heavy atom. The van der Waals surface area contributed by atoms with Gasteiger partial charge in [0.15, 0.2) is 5.82 Å². The van der Waals surface area contributed by atoms with E-state index >= 15 is 0 Å². The number of ether oxygens (including phenoxy) is 1. The van der Waals surface area contributed by atoms with Crippen molar-refractivity contribution in [3.05, 3.63) is 11.7 Å². The number of nitrogens with one attached hydrogen (secondary N) is 1. The van der Waals surface area contributed by atoms with Crippen LogP contribution in [0.15, 0.2) is 4.52 Å². The molecule has 3 fully saturated rings. The zero-order valence-electron chi connectivity index (χ0n) is 14.7. The lowest BCUT2D eigenvalue weighted by Gasteiger charge is -2.33. The molecule has 1 saturated carbocycles. The second kappa shape index (κ2) is 7.80. The lowest BCUT2D eigenvalue weighted by molar-refractivity contribution is -0.134. The number of nitrogens with zero attached hydrogens (tertiary/aromatic N) is 4. The highest BCUT2D eigenvalue weighted by Crippen LogP contribution is 2.38. The summed E-state index contributed by atoms with van der Waals surface area (Å²) in [7, 11) is 0. The minimum atomic E-state index is 0.174. The molecule has 3 heterocycles. The zero-order valence-corrected chi connectivity index (χ0v) is 14.7. The van der Waals surface area contributed by atoms with Crippen LogP contribution in [0.5, 0.6) is 0 Å². The molecular weight excluding hydrogens is 322 g/mol. The van der Waals surface area contributed by atoms with Gasteiger partial charge in [0, 0.05) is 31.6 Å². The van der Waals surface area contributed by atoms with Crippen LogP contribution in [0.3, 0.4) is 0 Å². The minimum Gasteiger partial charge on any atom is -0.378 e. The molecule has 0 aromatic carbocycles. The van der Waals surface area contributed by atoms with Crippen molar-refractivity contribution in [3.63, 3.8) is 0 Å². The number of amides is 1. The molecule has 1 amide bonds. The van der Waals surface area contributed by atoms with Crippen molar-refractivity contribution in [2.75, 3.05) is 45.9 Å². The van der Waals surface area contributed by atoms with E-state index in [1.165, 1.54) is 12.8 Å². The van der Waals surface area contributed by atoms with Crippen LogP contribution in [-0.2, 0) is 16.1 Å². The Kier molecular flexibility index (Phi) is 5.28. The summed E-state index contributed by atoms with van der Waals surface area (Å²) in [4.78, 5) is 21.0. The van der Waals surface area contributed by atoms with Crippen LogP contribution in [0.4, 0.5) is 0 Å². The summed E-state index contributed by atoms with van der Waals surface area (Å²) in [6.45, 7) is 5.81. The SMILES string of the molecule is O=C(CN[C@@H]1CCCN(Cc2noc(C3CC3)n2)C1)N1CCOCC1. The summed E-state index contributed by atoms with van der Waals surface area (Å²) < 4.78 is 10.6. The lowest BCUT2D eigenvalue weighted by atomic mass is 10.1. The Hall–Kier alpha value is -1.51. The van der Waals surface area contributed by atoms with Crippen LogP contribution in [0.1, 0.15) is 43.3 Å². The fraction of sp³-hybridized carbons (Fsp3) is 0.824. The highest BCUT2D eigenvalue weighted by Gasteiger charge is 2.30. The zero-order chi connectivity index (χ0) is 17.1. The highest BCUT2D eigenvalue weighted by atomic mass is 16.5. The number of rotatable bonds is 6. The van der Waals surface area contributed by atoms with Gasteiger partial charge in [0.05, 0.1) is 26.3 Å². The predicted octanol–water partition coefficient (Wildman–Crippen LogP) is 0.360. The molecule has 3 aliphatic rings. The van der Waals surface area contributed by atoms with Crippen LogP contribution < -0.4 is 5.32 Å². The Morgan fingerprint density at radius 2 is 2.04 bits per heavy atom. The maximum absolute atomic E-state index is 12.2. The molecule has 2 aliphatic heterocycles. The second-order valence-electron chi connectivity index (χ2n) is 7.27. The highest BCUT2D eigenvalue weighted by molar-refractivity contribution is 5.78. The summed E-state index contributed by atoms with van der Waals surface area (Å²) in [6, 6.07) is 0.341. The van der Waals surface area contributed by atoms with Crippen LogP contribution in [0.25, 0.3) is 0 Å². The Balaban J connectivity index is 1.22. The van der Waals surface area contributed by atoms with Crippen molar-refractivity contribution >= 4 is 5.91 Å². The van der Waals surface area contributed by atoms with Crippen LogP contribution >= 0.6 is 0 Å². The van der Waals surface area contributed by atoms with Crippen LogP contribution in [-0.4, -0.2) is 77.8 Å². The van der Waals surface area contributed by atoms with Crippen molar-refractivity contribution < 1.29 is 14.1 Å². The van der Waals surface area contributed by atoms with E-state index in [-0.39, 0.29) is 5.91 Å². The molecule has 1 aromatic rings. The van der Waals surface area contributed by atoms with Gasteiger partial charge in [-0.1, -0.05) is 5.16 Å². The number of carbonyl (C=O) groups is 1. The quantitative estimate of drug-likeness (QED) is 0.794. The molecule has 0 bridgehead atoms. The number of morpholine rings is 1. The van der Waals surface area contributed by atoms with E-state index in [4.69, 9.17) is 9.26 Å². The number of piperidine rings is 1. The molecule has 8 nitrogen and oxygen atoms in total. The number of hydrogen-bond acceptors (Lipinski definition) is 7. The molecule has 0 unspecified atom stereocenters. The minimum absolute atomic E-state index is 0.174. The van der Waals surface area contributed by atoms with Gasteiger partial charge in [-0.3, -0.25) is 9.69 Å². The van der Waals surface area contributed by atoms with Crippen molar-refractivity contribution in [2.24, 2.45) is 0 Å². The number of carbonyl (C=O) groups excluding carboxylic acids is 1. The first-order valence-corrected chi connectivity index (χ1v) is 9.41. The molecule has 1 aromatic heterocycles. The van der Waals surface area contributed by atoms with E-state index in [0.717, 1.165) is 44.2 Å². The summed E-state index contributed by atoms with van der Waals surface area (Å²) in [6.07, 6.45) is 4.58. The van der Waals surface area contributed by atoms with Crippen molar-refractivity contribution in [1.82, 2.24) is 25.3 Å². The number of likely N-dealkylation sites (tertiary alicyclic amines) is 1. The standard InChI is InChI=1S/C17H27N5O3/c23-16(22-6-8-24-9-7-22)10-18-14-2-1-5-21(11-14)12-15-19-17(25-20-15)13-3-4-13/h13-14,18H,1-12H2/t14-/m1/s1. The van der Waals surface area contributed by atoms with Crippen molar-refractivity contribution in [3.8, 4) is 0 Å². The summed E-state index contributed by atoms with van der Waals surface area (Å²) in [5, 5.41) is 7.54. The Bertz CT molecular complexity index is 583. The number of hydrogen-bond donors (Lipinski definition) is 1.